The number of ether oxygens (including phenoxy) is 2. The van der Waals surface area contributed by atoms with Crippen LogP contribution in [0.3, 0.4) is 0 Å². The summed E-state index contributed by atoms with van der Waals surface area (Å²) < 4.78 is 34.0. The normalized spacial score (nSPS) is 18.2. The highest BCUT2D eigenvalue weighted by Crippen LogP contribution is 2.37. The van der Waals surface area contributed by atoms with Crippen molar-refractivity contribution in [3.05, 3.63) is 23.8 Å². The predicted molar refractivity (Wildman–Crippen MR) is 73.4 cm³/mol. The van der Waals surface area contributed by atoms with Crippen molar-refractivity contribution in [1.29, 1.82) is 0 Å². The molecule has 1 aliphatic rings. The van der Waals surface area contributed by atoms with Crippen LogP contribution < -0.4 is 9.47 Å². The number of rotatable bonds is 3. The van der Waals surface area contributed by atoms with Crippen molar-refractivity contribution in [2.75, 3.05) is 19.5 Å². The van der Waals surface area contributed by atoms with Crippen molar-refractivity contribution in [2.24, 2.45) is 0 Å². The Morgan fingerprint density at radius 3 is 2.44 bits per heavy atom. The largest absolute Gasteiger partial charge is 0.486 e. The zero-order chi connectivity index (χ0) is 13.3. The third-order valence-corrected chi connectivity index (χ3v) is 6.27. The van der Waals surface area contributed by atoms with E-state index < -0.39 is 15.1 Å². The molecule has 0 spiro atoms. The smallest absolute Gasteiger partial charge is 0.161 e. The Kier molecular flexibility index (Phi) is 3.87. The molecule has 1 aromatic carbocycles. The van der Waals surface area contributed by atoms with Gasteiger partial charge in [0.15, 0.2) is 21.3 Å². The summed E-state index contributed by atoms with van der Waals surface area (Å²) in [6.07, 6.45) is 1.24. The van der Waals surface area contributed by atoms with Gasteiger partial charge in [-0.25, -0.2) is 8.42 Å². The van der Waals surface area contributed by atoms with E-state index in [1.807, 2.05) is 18.2 Å². The highest BCUT2D eigenvalue weighted by Gasteiger charge is 2.26. The summed E-state index contributed by atoms with van der Waals surface area (Å²) in [7, 11) is -3.09. The second kappa shape index (κ2) is 5.09. The van der Waals surface area contributed by atoms with E-state index in [-0.39, 0.29) is 4.83 Å². The topological polar surface area (TPSA) is 52.6 Å². The molecule has 100 valence electrons. The minimum absolute atomic E-state index is 0.261. The van der Waals surface area contributed by atoms with Crippen LogP contribution in [0.2, 0.25) is 0 Å². The van der Waals surface area contributed by atoms with Gasteiger partial charge >= 0.3 is 0 Å². The number of alkyl halides is 1. The zero-order valence-electron chi connectivity index (χ0n) is 10.2. The van der Waals surface area contributed by atoms with Crippen LogP contribution in [-0.4, -0.2) is 33.1 Å². The van der Waals surface area contributed by atoms with E-state index in [0.29, 0.717) is 24.7 Å². The van der Waals surface area contributed by atoms with Gasteiger partial charge in [0.1, 0.15) is 13.2 Å². The first kappa shape index (κ1) is 13.7. The molecular formula is C12H15BrO4S. The second-order valence-electron chi connectivity index (χ2n) is 4.34. The average molecular weight is 335 g/mol. The molecule has 2 rings (SSSR count). The molecule has 18 heavy (non-hydrogen) atoms. The van der Waals surface area contributed by atoms with Gasteiger partial charge in [-0.3, -0.25) is 0 Å². The highest BCUT2D eigenvalue weighted by atomic mass is 79.9. The zero-order valence-corrected chi connectivity index (χ0v) is 12.6. The van der Waals surface area contributed by atoms with Crippen LogP contribution in [0.4, 0.5) is 0 Å². The SMILES string of the molecule is CC(C(Br)c1ccc2c(c1)OCCO2)S(C)(=O)=O. The Bertz CT molecular complexity index is 541. The lowest BCUT2D eigenvalue weighted by Gasteiger charge is -2.22. The molecule has 0 saturated carbocycles. The third kappa shape index (κ3) is 2.80. The maximum absolute atomic E-state index is 11.5. The summed E-state index contributed by atoms with van der Waals surface area (Å²) in [6.45, 7) is 2.75. The summed E-state index contributed by atoms with van der Waals surface area (Å²) >= 11 is 3.44. The Balaban J connectivity index is 2.29. The molecular weight excluding hydrogens is 320 g/mol. The number of halogens is 1. The Morgan fingerprint density at radius 2 is 1.83 bits per heavy atom. The molecule has 0 saturated heterocycles. The summed E-state index contributed by atoms with van der Waals surface area (Å²) in [5.74, 6) is 1.38. The predicted octanol–water partition coefficient (Wildman–Crippen LogP) is 2.33. The van der Waals surface area contributed by atoms with E-state index in [4.69, 9.17) is 9.47 Å². The molecule has 1 aromatic rings. The molecule has 2 atom stereocenters. The van der Waals surface area contributed by atoms with E-state index in [0.717, 1.165) is 5.56 Å². The average Bonchev–Trinajstić information content (AvgIpc) is 2.35. The lowest BCUT2D eigenvalue weighted by molar-refractivity contribution is 0.171. The molecule has 6 heteroatoms. The van der Waals surface area contributed by atoms with Crippen molar-refractivity contribution in [2.45, 2.75) is 17.0 Å². The Morgan fingerprint density at radius 1 is 1.22 bits per heavy atom. The fraction of sp³-hybridized carbons (Fsp3) is 0.500. The molecule has 0 aromatic heterocycles. The molecule has 0 amide bonds. The van der Waals surface area contributed by atoms with Gasteiger partial charge in [0.05, 0.1) is 10.1 Å². The minimum Gasteiger partial charge on any atom is -0.486 e. The van der Waals surface area contributed by atoms with Gasteiger partial charge in [0.25, 0.3) is 0 Å². The van der Waals surface area contributed by atoms with E-state index in [1.165, 1.54) is 6.26 Å². The van der Waals surface area contributed by atoms with Crippen molar-refractivity contribution in [1.82, 2.24) is 0 Å². The van der Waals surface area contributed by atoms with E-state index in [2.05, 4.69) is 15.9 Å². The van der Waals surface area contributed by atoms with Crippen molar-refractivity contribution < 1.29 is 17.9 Å². The fourth-order valence-corrected chi connectivity index (χ4v) is 3.77. The van der Waals surface area contributed by atoms with E-state index >= 15 is 0 Å². The number of hydrogen-bond acceptors (Lipinski definition) is 4. The second-order valence-corrected chi connectivity index (χ2v) is 7.73. The number of sulfone groups is 1. The van der Waals surface area contributed by atoms with E-state index in [1.54, 1.807) is 6.92 Å². The highest BCUT2D eigenvalue weighted by molar-refractivity contribution is 9.09. The number of benzene rings is 1. The summed E-state index contributed by atoms with van der Waals surface area (Å²) in [5, 5.41) is -0.500. The van der Waals surface area contributed by atoms with Gasteiger partial charge in [-0.1, -0.05) is 22.0 Å². The number of hydrogen-bond donors (Lipinski definition) is 0. The van der Waals surface area contributed by atoms with Crippen LogP contribution >= 0.6 is 15.9 Å². The Hall–Kier alpha value is -0.750. The van der Waals surface area contributed by atoms with Crippen molar-refractivity contribution >= 4 is 25.8 Å². The van der Waals surface area contributed by atoms with Gasteiger partial charge in [-0.15, -0.1) is 0 Å². The van der Waals surface area contributed by atoms with Crippen LogP contribution in [0.5, 0.6) is 11.5 Å². The van der Waals surface area contributed by atoms with Gasteiger partial charge in [0, 0.05) is 6.26 Å². The van der Waals surface area contributed by atoms with Gasteiger partial charge in [-0.05, 0) is 24.6 Å². The first-order chi connectivity index (χ1) is 8.39. The monoisotopic (exact) mass is 334 g/mol. The van der Waals surface area contributed by atoms with Crippen LogP contribution in [0, 0.1) is 0 Å². The minimum atomic E-state index is -3.09. The van der Waals surface area contributed by atoms with Crippen molar-refractivity contribution in [3.8, 4) is 11.5 Å². The fourth-order valence-electron chi connectivity index (χ4n) is 1.72. The van der Waals surface area contributed by atoms with Crippen LogP contribution in [0.25, 0.3) is 0 Å². The molecule has 1 aliphatic heterocycles. The summed E-state index contributed by atoms with van der Waals surface area (Å²) in [5.41, 5.74) is 0.872. The lowest BCUT2D eigenvalue weighted by Crippen LogP contribution is -2.21. The summed E-state index contributed by atoms with van der Waals surface area (Å²) in [4.78, 5) is -0.261. The lowest BCUT2D eigenvalue weighted by atomic mass is 10.1. The molecule has 0 N–H and O–H groups in total. The van der Waals surface area contributed by atoms with Crippen LogP contribution in [0.1, 0.15) is 17.3 Å². The number of fused-ring (bicyclic) bond motifs is 1. The molecule has 0 fully saturated rings. The molecule has 0 radical (unpaired) electrons. The van der Waals surface area contributed by atoms with E-state index in [9.17, 15) is 8.42 Å². The van der Waals surface area contributed by atoms with Crippen LogP contribution in [-0.2, 0) is 9.84 Å². The molecule has 2 unspecified atom stereocenters. The van der Waals surface area contributed by atoms with Gasteiger partial charge in [-0.2, -0.15) is 0 Å². The maximum Gasteiger partial charge on any atom is 0.161 e. The molecule has 1 heterocycles. The van der Waals surface area contributed by atoms with Crippen LogP contribution in [0.15, 0.2) is 18.2 Å². The summed E-state index contributed by atoms with van der Waals surface area (Å²) in [6, 6.07) is 5.50. The van der Waals surface area contributed by atoms with Crippen molar-refractivity contribution in [3.63, 3.8) is 0 Å². The first-order valence-electron chi connectivity index (χ1n) is 5.62. The standard InChI is InChI=1S/C12H15BrO4S/c1-8(18(2,14)15)12(13)9-3-4-10-11(7-9)17-6-5-16-10/h3-4,7-8,12H,5-6H2,1-2H3. The molecule has 4 nitrogen and oxygen atoms in total. The maximum atomic E-state index is 11.5. The van der Waals surface area contributed by atoms with Gasteiger partial charge < -0.3 is 9.47 Å². The molecule has 0 aliphatic carbocycles. The quantitative estimate of drug-likeness (QED) is 0.796. The third-order valence-electron chi connectivity index (χ3n) is 2.97. The molecule has 0 bridgehead atoms. The first-order valence-corrected chi connectivity index (χ1v) is 8.49. The van der Waals surface area contributed by atoms with Gasteiger partial charge in [0.2, 0.25) is 0 Å². The Labute approximate surface area is 115 Å².